The molecule has 2 N–H and O–H groups in total. The predicted octanol–water partition coefficient (Wildman–Crippen LogP) is 3.58. The van der Waals surface area contributed by atoms with Gasteiger partial charge in [0.1, 0.15) is 5.82 Å². The van der Waals surface area contributed by atoms with Crippen LogP contribution in [0.1, 0.15) is 16.7 Å². The first kappa shape index (κ1) is 16.6. The Morgan fingerprint density at radius 3 is 2.28 bits per heavy atom. The van der Waals surface area contributed by atoms with Gasteiger partial charge in [0.25, 0.3) is 0 Å². The number of rotatable bonds is 6. The van der Waals surface area contributed by atoms with Crippen LogP contribution in [0.25, 0.3) is 0 Å². The van der Waals surface area contributed by atoms with Crippen molar-refractivity contribution >= 4 is 17.5 Å². The van der Waals surface area contributed by atoms with E-state index in [4.69, 9.17) is 0 Å². The van der Waals surface area contributed by atoms with E-state index in [1.807, 2.05) is 61.5 Å². The van der Waals surface area contributed by atoms with Gasteiger partial charge >= 0.3 is 0 Å². The monoisotopic (exact) mass is 332 g/mol. The lowest BCUT2D eigenvalue weighted by Crippen LogP contribution is -2.16. The van der Waals surface area contributed by atoms with Gasteiger partial charge in [0.05, 0.1) is 6.42 Å². The molecule has 0 aliphatic carbocycles. The topological polar surface area (TPSA) is 66.9 Å². The fraction of sp³-hybridized carbons (Fsp3) is 0.150. The van der Waals surface area contributed by atoms with Crippen molar-refractivity contribution in [2.45, 2.75) is 19.9 Å². The first-order valence-electron chi connectivity index (χ1n) is 8.16. The molecule has 3 aromatic rings. The molecular formula is C20H20N4O. The van der Waals surface area contributed by atoms with Crippen molar-refractivity contribution in [3.63, 3.8) is 0 Å². The quantitative estimate of drug-likeness (QED) is 0.724. The van der Waals surface area contributed by atoms with Gasteiger partial charge in [0, 0.05) is 6.54 Å². The van der Waals surface area contributed by atoms with Crippen molar-refractivity contribution in [2.75, 3.05) is 10.6 Å². The number of nitrogens with one attached hydrogen (secondary N) is 2. The lowest BCUT2D eigenvalue weighted by atomic mass is 10.1. The van der Waals surface area contributed by atoms with Crippen LogP contribution in [-0.2, 0) is 17.8 Å². The summed E-state index contributed by atoms with van der Waals surface area (Å²) in [6.07, 6.45) is 0.322. The highest BCUT2D eigenvalue weighted by Crippen LogP contribution is 2.11. The molecule has 5 nitrogen and oxygen atoms in total. The van der Waals surface area contributed by atoms with Crippen LogP contribution in [0.4, 0.5) is 11.6 Å². The van der Waals surface area contributed by atoms with E-state index in [0.717, 1.165) is 11.1 Å². The second-order valence-corrected chi connectivity index (χ2v) is 5.79. The average Bonchev–Trinajstić information content (AvgIpc) is 2.64. The Labute approximate surface area is 147 Å². The second kappa shape index (κ2) is 8.06. The van der Waals surface area contributed by atoms with Crippen molar-refractivity contribution in [1.82, 2.24) is 10.2 Å². The molecule has 5 heteroatoms. The van der Waals surface area contributed by atoms with Crippen LogP contribution in [0, 0.1) is 6.92 Å². The number of nitrogens with zero attached hydrogens (tertiary/aromatic N) is 2. The molecule has 0 atom stereocenters. The molecule has 0 bridgehead atoms. The van der Waals surface area contributed by atoms with Crippen LogP contribution in [-0.4, -0.2) is 16.1 Å². The maximum Gasteiger partial charge on any atom is 0.230 e. The van der Waals surface area contributed by atoms with Crippen LogP contribution in [0.5, 0.6) is 0 Å². The third-order valence-corrected chi connectivity index (χ3v) is 3.86. The molecule has 0 unspecified atom stereocenters. The van der Waals surface area contributed by atoms with Crippen LogP contribution >= 0.6 is 0 Å². The number of anilines is 2. The first-order chi connectivity index (χ1) is 12.2. The molecule has 2 aromatic carbocycles. The molecule has 0 aliphatic rings. The largest absolute Gasteiger partial charge is 0.365 e. The summed E-state index contributed by atoms with van der Waals surface area (Å²) >= 11 is 0. The Hall–Kier alpha value is -3.21. The maximum absolute atomic E-state index is 12.1. The summed E-state index contributed by atoms with van der Waals surface area (Å²) in [5, 5.41) is 14.1. The normalized spacial score (nSPS) is 10.3. The number of carbonyl (C=O) groups excluding carboxylic acids is 1. The first-order valence-corrected chi connectivity index (χ1v) is 8.16. The van der Waals surface area contributed by atoms with Crippen LogP contribution in [0.15, 0.2) is 66.7 Å². The molecule has 126 valence electrons. The number of aromatic nitrogens is 2. The number of carbonyl (C=O) groups is 1. The summed E-state index contributed by atoms with van der Waals surface area (Å²) < 4.78 is 0. The minimum absolute atomic E-state index is 0.103. The van der Waals surface area contributed by atoms with Gasteiger partial charge in [-0.1, -0.05) is 54.6 Å². The average molecular weight is 332 g/mol. The van der Waals surface area contributed by atoms with Crippen LogP contribution in [0.3, 0.4) is 0 Å². The number of hydrogen-bond acceptors (Lipinski definition) is 4. The fourth-order valence-corrected chi connectivity index (χ4v) is 2.45. The maximum atomic E-state index is 12.1. The van der Waals surface area contributed by atoms with Crippen molar-refractivity contribution in [1.29, 1.82) is 0 Å². The van der Waals surface area contributed by atoms with Crippen LogP contribution < -0.4 is 10.6 Å². The van der Waals surface area contributed by atoms with E-state index in [1.54, 1.807) is 12.1 Å². The summed E-state index contributed by atoms with van der Waals surface area (Å²) in [5.41, 5.74) is 3.28. The highest BCUT2D eigenvalue weighted by Gasteiger charge is 2.07. The van der Waals surface area contributed by atoms with Gasteiger partial charge in [0.15, 0.2) is 5.82 Å². The molecule has 0 fully saturated rings. The van der Waals surface area contributed by atoms with E-state index in [1.165, 1.54) is 5.56 Å². The van der Waals surface area contributed by atoms with Gasteiger partial charge in [-0.05, 0) is 35.7 Å². The zero-order chi connectivity index (χ0) is 17.5. The lowest BCUT2D eigenvalue weighted by molar-refractivity contribution is -0.115. The second-order valence-electron chi connectivity index (χ2n) is 5.79. The SMILES string of the molecule is Cc1ccccc1CC(=O)Nc1ccc(NCc2ccccc2)nn1. The standard InChI is InChI=1S/C20H20N4O/c1-15-7-5-6-10-17(15)13-20(25)22-19-12-11-18(23-24-19)21-14-16-8-3-2-4-9-16/h2-12H,13-14H2,1H3,(H,21,23)(H,22,24,25). The predicted molar refractivity (Wildman–Crippen MR) is 99.3 cm³/mol. The molecule has 0 radical (unpaired) electrons. The molecule has 1 aromatic heterocycles. The van der Waals surface area contributed by atoms with Crippen molar-refractivity contribution < 1.29 is 4.79 Å². The molecule has 1 amide bonds. The van der Waals surface area contributed by atoms with E-state index in [9.17, 15) is 4.79 Å². The summed E-state index contributed by atoms with van der Waals surface area (Å²) in [7, 11) is 0. The molecule has 1 heterocycles. The van der Waals surface area contributed by atoms with Crippen LogP contribution in [0.2, 0.25) is 0 Å². The Morgan fingerprint density at radius 1 is 0.880 bits per heavy atom. The van der Waals surface area contributed by atoms with Gasteiger partial charge in [-0.15, -0.1) is 10.2 Å². The summed E-state index contributed by atoms with van der Waals surface area (Å²) in [4.78, 5) is 12.1. The van der Waals surface area contributed by atoms with E-state index in [-0.39, 0.29) is 5.91 Å². The smallest absolute Gasteiger partial charge is 0.230 e. The molecule has 25 heavy (non-hydrogen) atoms. The van der Waals surface area contributed by atoms with Crippen molar-refractivity contribution in [2.24, 2.45) is 0 Å². The zero-order valence-corrected chi connectivity index (χ0v) is 14.1. The summed E-state index contributed by atoms with van der Waals surface area (Å²) in [6, 6.07) is 21.5. The minimum atomic E-state index is -0.103. The highest BCUT2D eigenvalue weighted by atomic mass is 16.1. The Morgan fingerprint density at radius 2 is 1.56 bits per heavy atom. The lowest BCUT2D eigenvalue weighted by Gasteiger charge is -2.08. The van der Waals surface area contributed by atoms with Crippen molar-refractivity contribution in [3.05, 3.63) is 83.4 Å². The van der Waals surface area contributed by atoms with E-state index >= 15 is 0 Å². The number of aryl methyl sites for hydroxylation is 1. The van der Waals surface area contributed by atoms with Gasteiger partial charge in [-0.2, -0.15) is 0 Å². The minimum Gasteiger partial charge on any atom is -0.365 e. The zero-order valence-electron chi connectivity index (χ0n) is 14.1. The van der Waals surface area contributed by atoms with Gasteiger partial charge in [-0.25, -0.2) is 0 Å². The Bertz CT molecular complexity index is 832. The molecule has 3 rings (SSSR count). The third-order valence-electron chi connectivity index (χ3n) is 3.86. The Kier molecular flexibility index (Phi) is 5.36. The number of amides is 1. The number of hydrogen-bond donors (Lipinski definition) is 2. The molecule has 0 spiro atoms. The highest BCUT2D eigenvalue weighted by molar-refractivity contribution is 5.91. The third kappa shape index (κ3) is 4.88. The van der Waals surface area contributed by atoms with Gasteiger partial charge in [0.2, 0.25) is 5.91 Å². The number of benzene rings is 2. The van der Waals surface area contributed by atoms with E-state index in [0.29, 0.717) is 24.6 Å². The molecule has 0 saturated carbocycles. The Balaban J connectivity index is 1.53. The summed E-state index contributed by atoms with van der Waals surface area (Å²) in [5.74, 6) is 1.01. The van der Waals surface area contributed by atoms with E-state index < -0.39 is 0 Å². The van der Waals surface area contributed by atoms with Crippen molar-refractivity contribution in [3.8, 4) is 0 Å². The fourth-order valence-electron chi connectivity index (χ4n) is 2.45. The molecule has 0 aliphatic heterocycles. The molecule has 0 saturated heterocycles. The summed E-state index contributed by atoms with van der Waals surface area (Å²) in [6.45, 7) is 2.67. The van der Waals surface area contributed by atoms with Gasteiger partial charge in [-0.3, -0.25) is 4.79 Å². The van der Waals surface area contributed by atoms with Gasteiger partial charge < -0.3 is 10.6 Å². The molecular weight excluding hydrogens is 312 g/mol. The van der Waals surface area contributed by atoms with E-state index in [2.05, 4.69) is 20.8 Å².